The molecule has 2 aromatic rings. The van der Waals surface area contributed by atoms with Crippen molar-refractivity contribution in [3.05, 3.63) is 59.7 Å². The fourth-order valence-corrected chi connectivity index (χ4v) is 2.19. The molecule has 1 atom stereocenters. The highest BCUT2D eigenvalue weighted by Gasteiger charge is 2.06. The summed E-state index contributed by atoms with van der Waals surface area (Å²) in [4.78, 5) is 0. The number of hydrogen-bond acceptors (Lipinski definition) is 3. The van der Waals surface area contributed by atoms with Crippen LogP contribution in [0.3, 0.4) is 0 Å². The molecule has 2 rings (SSSR count). The van der Waals surface area contributed by atoms with Gasteiger partial charge in [0.05, 0.1) is 13.7 Å². The number of benzene rings is 2. The van der Waals surface area contributed by atoms with Gasteiger partial charge >= 0.3 is 0 Å². The van der Waals surface area contributed by atoms with Crippen LogP contribution in [-0.2, 0) is 6.42 Å². The zero-order valence-corrected chi connectivity index (χ0v) is 12.7. The molecule has 0 fully saturated rings. The SMILES string of the molecule is COc1ccccc1OCCC(N)Cc1ccc(C)cc1. The second-order valence-electron chi connectivity index (χ2n) is 5.24. The molecule has 0 aliphatic heterocycles. The summed E-state index contributed by atoms with van der Waals surface area (Å²) < 4.78 is 11.0. The number of rotatable bonds is 7. The molecule has 112 valence electrons. The van der Waals surface area contributed by atoms with Crippen LogP contribution in [0.1, 0.15) is 17.5 Å². The summed E-state index contributed by atoms with van der Waals surface area (Å²) in [5.41, 5.74) is 8.71. The molecule has 21 heavy (non-hydrogen) atoms. The summed E-state index contributed by atoms with van der Waals surface area (Å²) >= 11 is 0. The van der Waals surface area contributed by atoms with E-state index in [2.05, 4.69) is 31.2 Å². The Labute approximate surface area is 126 Å². The Morgan fingerprint density at radius 1 is 1.00 bits per heavy atom. The lowest BCUT2D eigenvalue weighted by molar-refractivity contribution is 0.279. The van der Waals surface area contributed by atoms with E-state index in [1.807, 2.05) is 24.3 Å². The van der Waals surface area contributed by atoms with Gasteiger partial charge in [0, 0.05) is 6.04 Å². The van der Waals surface area contributed by atoms with Gasteiger partial charge in [0.2, 0.25) is 0 Å². The van der Waals surface area contributed by atoms with Crippen LogP contribution in [0, 0.1) is 6.92 Å². The monoisotopic (exact) mass is 285 g/mol. The summed E-state index contributed by atoms with van der Waals surface area (Å²) in [5, 5.41) is 0. The topological polar surface area (TPSA) is 44.5 Å². The van der Waals surface area contributed by atoms with Gasteiger partial charge in [0.25, 0.3) is 0 Å². The van der Waals surface area contributed by atoms with E-state index in [0.717, 1.165) is 24.3 Å². The van der Waals surface area contributed by atoms with Crippen LogP contribution < -0.4 is 15.2 Å². The quantitative estimate of drug-likeness (QED) is 0.848. The summed E-state index contributed by atoms with van der Waals surface area (Å²) in [5.74, 6) is 1.52. The van der Waals surface area contributed by atoms with E-state index in [-0.39, 0.29) is 6.04 Å². The molecule has 0 aliphatic carbocycles. The zero-order valence-electron chi connectivity index (χ0n) is 12.7. The third-order valence-corrected chi connectivity index (χ3v) is 3.43. The second-order valence-corrected chi connectivity index (χ2v) is 5.24. The van der Waals surface area contributed by atoms with Crippen molar-refractivity contribution in [2.75, 3.05) is 13.7 Å². The second kappa shape index (κ2) is 7.70. The number of nitrogens with two attached hydrogens (primary N) is 1. The summed E-state index contributed by atoms with van der Waals surface area (Å²) in [6.45, 7) is 2.68. The van der Waals surface area contributed by atoms with E-state index in [1.54, 1.807) is 7.11 Å². The van der Waals surface area contributed by atoms with Crippen molar-refractivity contribution in [1.29, 1.82) is 0 Å². The van der Waals surface area contributed by atoms with Crippen LogP contribution in [-0.4, -0.2) is 19.8 Å². The Morgan fingerprint density at radius 2 is 1.67 bits per heavy atom. The van der Waals surface area contributed by atoms with E-state index in [9.17, 15) is 0 Å². The maximum Gasteiger partial charge on any atom is 0.161 e. The smallest absolute Gasteiger partial charge is 0.161 e. The van der Waals surface area contributed by atoms with Gasteiger partial charge in [-0.15, -0.1) is 0 Å². The largest absolute Gasteiger partial charge is 0.493 e. The third kappa shape index (κ3) is 4.80. The van der Waals surface area contributed by atoms with Crippen LogP contribution in [0.4, 0.5) is 0 Å². The van der Waals surface area contributed by atoms with Gasteiger partial charge < -0.3 is 15.2 Å². The normalized spacial score (nSPS) is 12.0. The van der Waals surface area contributed by atoms with Crippen molar-refractivity contribution < 1.29 is 9.47 Å². The van der Waals surface area contributed by atoms with Crippen LogP contribution in [0.25, 0.3) is 0 Å². The van der Waals surface area contributed by atoms with Gasteiger partial charge in [0.1, 0.15) is 0 Å². The van der Waals surface area contributed by atoms with Crippen LogP contribution in [0.5, 0.6) is 11.5 Å². The van der Waals surface area contributed by atoms with Crippen molar-refractivity contribution in [2.45, 2.75) is 25.8 Å². The number of para-hydroxylation sites is 2. The van der Waals surface area contributed by atoms with Crippen LogP contribution in [0.2, 0.25) is 0 Å². The van der Waals surface area contributed by atoms with Gasteiger partial charge in [-0.25, -0.2) is 0 Å². The maximum atomic E-state index is 6.17. The fourth-order valence-electron chi connectivity index (χ4n) is 2.19. The first-order valence-electron chi connectivity index (χ1n) is 7.26. The van der Waals surface area contributed by atoms with Crippen molar-refractivity contribution in [2.24, 2.45) is 5.73 Å². The van der Waals surface area contributed by atoms with Crippen LogP contribution in [0.15, 0.2) is 48.5 Å². The predicted octanol–water partition coefficient (Wildman–Crippen LogP) is 3.34. The average molecular weight is 285 g/mol. The van der Waals surface area contributed by atoms with Crippen LogP contribution >= 0.6 is 0 Å². The Bertz CT molecular complexity index is 551. The third-order valence-electron chi connectivity index (χ3n) is 3.43. The highest BCUT2D eigenvalue weighted by molar-refractivity contribution is 5.39. The number of aryl methyl sites for hydroxylation is 1. The Morgan fingerprint density at radius 3 is 2.33 bits per heavy atom. The van der Waals surface area contributed by atoms with Gasteiger partial charge in [-0.2, -0.15) is 0 Å². The molecule has 0 saturated heterocycles. The number of ether oxygens (including phenoxy) is 2. The minimum atomic E-state index is 0.0995. The average Bonchev–Trinajstić information content (AvgIpc) is 2.50. The predicted molar refractivity (Wildman–Crippen MR) is 86.0 cm³/mol. The van der Waals surface area contributed by atoms with E-state index < -0.39 is 0 Å². The van der Waals surface area contributed by atoms with E-state index in [0.29, 0.717) is 6.61 Å². The van der Waals surface area contributed by atoms with E-state index in [4.69, 9.17) is 15.2 Å². The van der Waals surface area contributed by atoms with Crippen molar-refractivity contribution >= 4 is 0 Å². The molecule has 0 aromatic heterocycles. The summed E-state index contributed by atoms with van der Waals surface area (Å²) in [6.07, 6.45) is 1.68. The van der Waals surface area contributed by atoms with Crippen molar-refractivity contribution in [1.82, 2.24) is 0 Å². The van der Waals surface area contributed by atoms with Gasteiger partial charge in [-0.1, -0.05) is 42.0 Å². The maximum absolute atomic E-state index is 6.17. The number of methoxy groups -OCH3 is 1. The minimum absolute atomic E-state index is 0.0995. The standard InChI is InChI=1S/C18H23NO2/c1-14-7-9-15(10-8-14)13-16(19)11-12-21-18-6-4-3-5-17(18)20-2/h3-10,16H,11-13,19H2,1-2H3. The van der Waals surface area contributed by atoms with E-state index >= 15 is 0 Å². The molecule has 0 bridgehead atoms. The van der Waals surface area contributed by atoms with E-state index in [1.165, 1.54) is 11.1 Å². The lowest BCUT2D eigenvalue weighted by Gasteiger charge is -2.14. The molecule has 0 radical (unpaired) electrons. The highest BCUT2D eigenvalue weighted by Crippen LogP contribution is 2.25. The fraction of sp³-hybridized carbons (Fsp3) is 0.333. The molecule has 1 unspecified atom stereocenters. The number of hydrogen-bond donors (Lipinski definition) is 1. The molecule has 0 amide bonds. The first-order valence-corrected chi connectivity index (χ1v) is 7.26. The molecular formula is C18H23NO2. The minimum Gasteiger partial charge on any atom is -0.493 e. The van der Waals surface area contributed by atoms with Crippen molar-refractivity contribution in [3.8, 4) is 11.5 Å². The zero-order chi connectivity index (χ0) is 15.1. The molecular weight excluding hydrogens is 262 g/mol. The molecule has 0 spiro atoms. The first-order chi connectivity index (χ1) is 10.2. The van der Waals surface area contributed by atoms with Gasteiger partial charge in [-0.05, 0) is 37.5 Å². The highest BCUT2D eigenvalue weighted by atomic mass is 16.5. The molecule has 2 N–H and O–H groups in total. The molecule has 3 nitrogen and oxygen atoms in total. The molecule has 0 saturated carbocycles. The molecule has 0 aliphatic rings. The Hall–Kier alpha value is -2.00. The summed E-state index contributed by atoms with van der Waals surface area (Å²) in [6, 6.07) is 16.3. The Balaban J connectivity index is 1.79. The van der Waals surface area contributed by atoms with Gasteiger partial charge in [0.15, 0.2) is 11.5 Å². The first kappa shape index (κ1) is 15.4. The molecule has 0 heterocycles. The lowest BCUT2D eigenvalue weighted by atomic mass is 10.0. The molecule has 2 aromatic carbocycles. The molecule has 3 heteroatoms. The summed E-state index contributed by atoms with van der Waals surface area (Å²) in [7, 11) is 1.64. The van der Waals surface area contributed by atoms with Gasteiger partial charge in [-0.3, -0.25) is 0 Å². The Kier molecular flexibility index (Phi) is 5.64. The van der Waals surface area contributed by atoms with Crippen molar-refractivity contribution in [3.63, 3.8) is 0 Å². The lowest BCUT2D eigenvalue weighted by Crippen LogP contribution is -2.25.